The maximum atomic E-state index is 12.3. The minimum Gasteiger partial charge on any atom is -0.465 e. The largest absolute Gasteiger partial charge is 0.465 e. The van der Waals surface area contributed by atoms with Crippen molar-refractivity contribution in [2.24, 2.45) is 34.8 Å². The van der Waals surface area contributed by atoms with Crippen LogP contribution in [0.4, 0.5) is 10.6 Å². The van der Waals surface area contributed by atoms with Gasteiger partial charge in [-0.3, -0.25) is 4.79 Å². The zero-order valence-corrected chi connectivity index (χ0v) is 16.8. The van der Waals surface area contributed by atoms with E-state index in [0.29, 0.717) is 35.7 Å². The summed E-state index contributed by atoms with van der Waals surface area (Å²) < 4.78 is 0. The lowest BCUT2D eigenvalue weighted by atomic mass is 9.44. The zero-order chi connectivity index (χ0) is 21.0. The van der Waals surface area contributed by atoms with Crippen LogP contribution in [0.1, 0.15) is 44.1 Å². The van der Waals surface area contributed by atoms with Crippen molar-refractivity contribution >= 4 is 17.8 Å². The number of carbonyl (C=O) groups is 2. The number of carbonyl (C=O) groups excluding carboxylic acids is 1. The van der Waals surface area contributed by atoms with Crippen LogP contribution in [-0.4, -0.2) is 45.6 Å². The minimum atomic E-state index is -0.879. The second-order valence-electron chi connectivity index (χ2n) is 9.74. The molecule has 2 amide bonds. The van der Waals surface area contributed by atoms with Gasteiger partial charge < -0.3 is 21.1 Å². The van der Waals surface area contributed by atoms with E-state index < -0.39 is 6.09 Å². The summed E-state index contributed by atoms with van der Waals surface area (Å²) in [7, 11) is 0. The average molecular weight is 409 g/mol. The number of nitrogens with zero attached hydrogens (tertiary/aromatic N) is 3. The van der Waals surface area contributed by atoms with Gasteiger partial charge in [-0.1, -0.05) is 0 Å². The predicted molar refractivity (Wildman–Crippen MR) is 108 cm³/mol. The Morgan fingerprint density at radius 2 is 2.00 bits per heavy atom. The van der Waals surface area contributed by atoms with E-state index in [4.69, 9.17) is 11.0 Å². The van der Waals surface area contributed by atoms with Gasteiger partial charge in [0.05, 0.1) is 17.6 Å². The molecule has 4 saturated carbocycles. The summed E-state index contributed by atoms with van der Waals surface area (Å²) >= 11 is 0. The average Bonchev–Trinajstić information content (AvgIpc) is 3.11. The molecule has 4 N–H and O–H groups in total. The van der Waals surface area contributed by atoms with Gasteiger partial charge in [0, 0.05) is 18.2 Å². The standard InChI is InChI=1S/C22H27N5O3/c23-10-12-1-2-17(25-11-12)26-16-3-4-27(21(29)30)19(16)18-14-5-13-6-15(18)9-22(7-13,8-14)20(24)28/h1-2,11,13-16,18-19H,3-9H2,(H2,24,28)(H,25,26)(H,29,30)/t13?,14-,15?,16?,18?,19-,22?/m0/s1. The first-order valence-corrected chi connectivity index (χ1v) is 10.8. The SMILES string of the molecule is N#Cc1ccc(NC2CCN(C(=O)O)[C@@H]2C2C3CC4C[C@H]2CC(C(N)=O)(C4)C3)nc1. The highest BCUT2D eigenvalue weighted by Crippen LogP contribution is 2.63. The highest BCUT2D eigenvalue weighted by Gasteiger charge is 2.61. The number of hydrogen-bond donors (Lipinski definition) is 3. The lowest BCUT2D eigenvalue weighted by molar-refractivity contribution is -0.154. The molecule has 0 spiro atoms. The number of nitrogens with two attached hydrogens (primary N) is 1. The number of hydrogen-bond acceptors (Lipinski definition) is 5. The van der Waals surface area contributed by atoms with Gasteiger partial charge in [-0.05, 0) is 74.3 Å². The van der Waals surface area contributed by atoms with E-state index in [0.717, 1.165) is 38.5 Å². The number of likely N-dealkylation sites (tertiary alicyclic amines) is 1. The smallest absolute Gasteiger partial charge is 0.407 e. The van der Waals surface area contributed by atoms with E-state index in [1.54, 1.807) is 17.0 Å². The maximum absolute atomic E-state index is 12.3. The molecule has 30 heavy (non-hydrogen) atoms. The van der Waals surface area contributed by atoms with Crippen LogP contribution in [0.2, 0.25) is 0 Å². The lowest BCUT2D eigenvalue weighted by Gasteiger charge is -2.61. The number of primary amides is 1. The molecule has 5 fully saturated rings. The van der Waals surface area contributed by atoms with Gasteiger partial charge in [0.25, 0.3) is 0 Å². The molecule has 1 aromatic rings. The Kier molecular flexibility index (Phi) is 4.38. The molecule has 1 saturated heterocycles. The van der Waals surface area contributed by atoms with Gasteiger partial charge in [0.2, 0.25) is 5.91 Å². The number of nitrogens with one attached hydrogen (secondary N) is 1. The molecule has 158 valence electrons. The van der Waals surface area contributed by atoms with Crippen LogP contribution in [0.25, 0.3) is 0 Å². The van der Waals surface area contributed by atoms with Gasteiger partial charge in [-0.2, -0.15) is 5.26 Å². The maximum Gasteiger partial charge on any atom is 0.407 e. The molecule has 4 aliphatic carbocycles. The summed E-state index contributed by atoms with van der Waals surface area (Å²) in [4.78, 5) is 30.3. The van der Waals surface area contributed by atoms with E-state index in [1.165, 1.54) is 6.20 Å². The Morgan fingerprint density at radius 3 is 2.57 bits per heavy atom. The molecule has 1 aliphatic heterocycles. The number of pyridine rings is 1. The number of rotatable bonds is 4. The van der Waals surface area contributed by atoms with E-state index in [9.17, 15) is 14.7 Å². The third-order valence-electron chi connectivity index (χ3n) is 8.19. The Bertz CT molecular complexity index is 894. The topological polar surface area (TPSA) is 132 Å². The number of amides is 2. The Morgan fingerprint density at radius 1 is 1.27 bits per heavy atom. The van der Waals surface area contributed by atoms with Crippen molar-refractivity contribution in [1.82, 2.24) is 9.88 Å². The molecule has 6 rings (SSSR count). The zero-order valence-electron chi connectivity index (χ0n) is 16.8. The summed E-state index contributed by atoms with van der Waals surface area (Å²) in [6.45, 7) is 0.494. The Balaban J connectivity index is 1.43. The van der Waals surface area contributed by atoms with E-state index in [2.05, 4.69) is 16.4 Å². The number of anilines is 1. The van der Waals surface area contributed by atoms with Crippen LogP contribution >= 0.6 is 0 Å². The minimum absolute atomic E-state index is 0.0337. The van der Waals surface area contributed by atoms with Gasteiger partial charge in [0.1, 0.15) is 11.9 Å². The van der Waals surface area contributed by atoms with Crippen molar-refractivity contribution in [3.8, 4) is 6.07 Å². The summed E-state index contributed by atoms with van der Waals surface area (Å²) in [5.41, 5.74) is 5.95. The fourth-order valence-corrected chi connectivity index (χ4v) is 7.33. The van der Waals surface area contributed by atoms with E-state index in [1.807, 2.05) is 0 Å². The second-order valence-corrected chi connectivity index (χ2v) is 9.74. The molecule has 2 heterocycles. The van der Waals surface area contributed by atoms with E-state index >= 15 is 0 Å². The number of nitriles is 1. The Labute approximate surface area is 175 Å². The van der Waals surface area contributed by atoms with Gasteiger partial charge in [0.15, 0.2) is 0 Å². The fourth-order valence-electron chi connectivity index (χ4n) is 7.33. The fraction of sp³-hybridized carbons (Fsp3) is 0.636. The summed E-state index contributed by atoms with van der Waals surface area (Å²) in [5.74, 6) is 1.95. The van der Waals surface area contributed by atoms with Crippen molar-refractivity contribution in [2.75, 3.05) is 11.9 Å². The third-order valence-corrected chi connectivity index (χ3v) is 8.19. The third kappa shape index (κ3) is 2.91. The van der Waals surface area contributed by atoms with Crippen molar-refractivity contribution in [1.29, 1.82) is 5.26 Å². The van der Waals surface area contributed by atoms with Crippen LogP contribution in [0.5, 0.6) is 0 Å². The second kappa shape index (κ2) is 6.86. The Hall–Kier alpha value is -2.82. The van der Waals surface area contributed by atoms with Crippen molar-refractivity contribution in [3.63, 3.8) is 0 Å². The molecule has 4 bridgehead atoms. The van der Waals surface area contributed by atoms with Gasteiger partial charge in [-0.15, -0.1) is 0 Å². The highest BCUT2D eigenvalue weighted by molar-refractivity contribution is 5.81. The monoisotopic (exact) mass is 409 g/mol. The molecule has 8 heteroatoms. The van der Waals surface area contributed by atoms with Gasteiger partial charge in [-0.25, -0.2) is 9.78 Å². The first-order valence-electron chi connectivity index (χ1n) is 10.8. The molecular formula is C22H27N5O3. The van der Waals surface area contributed by atoms with Crippen LogP contribution in [0.15, 0.2) is 18.3 Å². The highest BCUT2D eigenvalue weighted by atomic mass is 16.4. The molecule has 0 aromatic carbocycles. The first kappa shape index (κ1) is 19.2. The summed E-state index contributed by atoms with van der Waals surface area (Å²) in [6.07, 6.45) is 6.02. The molecular weight excluding hydrogens is 382 g/mol. The number of aromatic nitrogens is 1. The van der Waals surface area contributed by atoms with Crippen LogP contribution < -0.4 is 11.1 Å². The molecule has 0 radical (unpaired) electrons. The van der Waals surface area contributed by atoms with Crippen LogP contribution in [0.3, 0.4) is 0 Å². The molecule has 1 aromatic heterocycles. The lowest BCUT2D eigenvalue weighted by Crippen LogP contribution is -2.61. The van der Waals surface area contributed by atoms with Gasteiger partial charge >= 0.3 is 6.09 Å². The van der Waals surface area contributed by atoms with Crippen molar-refractivity contribution in [2.45, 2.75) is 50.6 Å². The predicted octanol–water partition coefficient (Wildman–Crippen LogP) is 2.41. The molecule has 7 atom stereocenters. The normalized spacial score (nSPS) is 39.0. The number of carboxylic acid groups (broad SMARTS) is 1. The van der Waals surface area contributed by atoms with Crippen LogP contribution in [0, 0.1) is 40.4 Å². The molecule has 5 unspecified atom stereocenters. The quantitative estimate of drug-likeness (QED) is 0.699. The molecule has 8 nitrogen and oxygen atoms in total. The first-order chi connectivity index (χ1) is 14.4. The summed E-state index contributed by atoms with van der Waals surface area (Å²) in [5, 5.41) is 22.3. The van der Waals surface area contributed by atoms with E-state index in [-0.39, 0.29) is 29.3 Å². The van der Waals surface area contributed by atoms with Crippen molar-refractivity contribution in [3.05, 3.63) is 23.9 Å². The van der Waals surface area contributed by atoms with Crippen LogP contribution in [-0.2, 0) is 4.79 Å². The molecule has 5 aliphatic rings. The summed E-state index contributed by atoms with van der Waals surface area (Å²) in [6, 6.07) is 5.38. The van der Waals surface area contributed by atoms with Crippen molar-refractivity contribution < 1.29 is 14.7 Å².